The zero-order chi connectivity index (χ0) is 20.0. The molecule has 1 aromatic rings. The number of carbonyl (C=O) groups excluding carboxylic acids is 2. The molecule has 1 heterocycles. The third-order valence-corrected chi connectivity index (χ3v) is 8.01. The van der Waals surface area contributed by atoms with E-state index in [0.717, 1.165) is 50.1 Å². The summed E-state index contributed by atoms with van der Waals surface area (Å²) in [5.41, 5.74) is 0.982. The summed E-state index contributed by atoms with van der Waals surface area (Å²) in [7, 11) is 2.10. The Balaban J connectivity index is 1.24. The smallest absolute Gasteiger partial charge is 0.242 e. The molecule has 4 bridgehead atoms. The molecule has 0 aromatic heterocycles. The molecule has 0 unspecified atom stereocenters. The summed E-state index contributed by atoms with van der Waals surface area (Å²) in [6, 6.07) is 10.3. The van der Waals surface area contributed by atoms with Crippen LogP contribution in [0.5, 0.6) is 0 Å². The maximum Gasteiger partial charge on any atom is 0.242 e. The van der Waals surface area contributed by atoms with Crippen LogP contribution >= 0.6 is 0 Å². The second-order valence-electron chi connectivity index (χ2n) is 10.2. The number of piperazine rings is 1. The van der Waals surface area contributed by atoms with E-state index < -0.39 is 0 Å². The van der Waals surface area contributed by atoms with Crippen molar-refractivity contribution in [2.45, 2.75) is 44.6 Å². The van der Waals surface area contributed by atoms with Crippen molar-refractivity contribution in [2.24, 2.45) is 23.2 Å². The van der Waals surface area contributed by atoms with Crippen molar-refractivity contribution < 1.29 is 9.59 Å². The summed E-state index contributed by atoms with van der Waals surface area (Å²) in [4.78, 5) is 30.6. The van der Waals surface area contributed by atoms with E-state index in [1.54, 1.807) is 0 Å². The molecule has 1 atom stereocenters. The van der Waals surface area contributed by atoms with Crippen LogP contribution in [0.1, 0.15) is 50.1 Å². The lowest BCUT2D eigenvalue weighted by atomic mass is 9.49. The summed E-state index contributed by atoms with van der Waals surface area (Å²) in [5, 5.41) is 3.08. The second kappa shape index (κ2) is 7.42. The topological polar surface area (TPSA) is 52.6 Å². The van der Waals surface area contributed by atoms with E-state index in [1.807, 2.05) is 23.1 Å². The van der Waals surface area contributed by atoms with E-state index in [2.05, 4.69) is 29.4 Å². The van der Waals surface area contributed by atoms with Gasteiger partial charge in [-0.1, -0.05) is 30.3 Å². The minimum atomic E-state index is -0.185. The molecular weight excluding hydrogens is 362 g/mol. The van der Waals surface area contributed by atoms with Crippen molar-refractivity contribution >= 4 is 11.8 Å². The molecule has 2 amide bonds. The van der Waals surface area contributed by atoms with Gasteiger partial charge in [0.15, 0.2) is 0 Å². The number of nitrogens with one attached hydrogen (secondary N) is 1. The fourth-order valence-electron chi connectivity index (χ4n) is 7.01. The van der Waals surface area contributed by atoms with Gasteiger partial charge in [0.1, 0.15) is 0 Å². The molecular formula is C24H33N3O2. The van der Waals surface area contributed by atoms with E-state index >= 15 is 0 Å². The van der Waals surface area contributed by atoms with Crippen LogP contribution in [0.15, 0.2) is 30.3 Å². The normalized spacial score (nSPS) is 36.2. The predicted octanol–water partition coefficient (Wildman–Crippen LogP) is 2.83. The van der Waals surface area contributed by atoms with E-state index in [9.17, 15) is 9.59 Å². The monoisotopic (exact) mass is 395 g/mol. The van der Waals surface area contributed by atoms with E-state index in [1.165, 1.54) is 24.8 Å². The fourth-order valence-corrected chi connectivity index (χ4v) is 7.01. The molecule has 0 spiro atoms. The van der Waals surface area contributed by atoms with Crippen LogP contribution in [0, 0.1) is 23.2 Å². The highest BCUT2D eigenvalue weighted by Crippen LogP contribution is 2.60. The number of carbonyl (C=O) groups is 2. The fraction of sp³-hybridized carbons (Fsp3) is 0.667. The van der Waals surface area contributed by atoms with Crippen LogP contribution in [0.25, 0.3) is 0 Å². The van der Waals surface area contributed by atoms with Gasteiger partial charge in [0, 0.05) is 25.0 Å². The zero-order valence-corrected chi connectivity index (χ0v) is 17.5. The van der Waals surface area contributed by atoms with Gasteiger partial charge in [0.2, 0.25) is 11.8 Å². The molecule has 5 nitrogen and oxygen atoms in total. The number of hydrogen-bond acceptors (Lipinski definition) is 3. The lowest BCUT2D eigenvalue weighted by Crippen LogP contribution is -2.56. The summed E-state index contributed by atoms with van der Waals surface area (Å²) >= 11 is 0. The lowest BCUT2D eigenvalue weighted by molar-refractivity contribution is -0.148. The Morgan fingerprint density at radius 1 is 1.00 bits per heavy atom. The van der Waals surface area contributed by atoms with Crippen molar-refractivity contribution in [1.82, 2.24) is 15.1 Å². The molecule has 4 saturated carbocycles. The summed E-state index contributed by atoms with van der Waals surface area (Å²) in [6.45, 7) is 2.55. The molecule has 1 aliphatic heterocycles. The number of likely N-dealkylation sites (N-methyl/N-ethyl adjacent to an activating group) is 1. The van der Waals surface area contributed by atoms with Gasteiger partial charge in [-0.3, -0.25) is 9.59 Å². The highest BCUT2D eigenvalue weighted by atomic mass is 16.2. The Morgan fingerprint density at radius 3 is 2.24 bits per heavy atom. The minimum absolute atomic E-state index is 0.0463. The SMILES string of the molecule is CN1CCN(C(=O)CNC(=O)C23CC4CC(CC(C4)C2)C3)[C@@H](c2ccccc2)C1. The van der Waals surface area contributed by atoms with Gasteiger partial charge < -0.3 is 15.1 Å². The predicted molar refractivity (Wildman–Crippen MR) is 112 cm³/mol. The molecule has 6 rings (SSSR count). The van der Waals surface area contributed by atoms with Crippen LogP contribution in [-0.4, -0.2) is 54.8 Å². The van der Waals surface area contributed by atoms with Gasteiger partial charge in [-0.2, -0.15) is 0 Å². The number of amides is 2. The largest absolute Gasteiger partial charge is 0.347 e. The van der Waals surface area contributed by atoms with Crippen molar-refractivity contribution in [3.8, 4) is 0 Å². The minimum Gasteiger partial charge on any atom is -0.347 e. The highest BCUT2D eigenvalue weighted by Gasteiger charge is 2.54. The Hall–Kier alpha value is -1.88. The molecule has 5 fully saturated rings. The first-order valence-corrected chi connectivity index (χ1v) is 11.3. The van der Waals surface area contributed by atoms with E-state index in [4.69, 9.17) is 0 Å². The Bertz CT molecular complexity index is 742. The van der Waals surface area contributed by atoms with Gasteiger partial charge in [0.05, 0.1) is 12.6 Å². The average molecular weight is 396 g/mol. The van der Waals surface area contributed by atoms with Crippen LogP contribution in [-0.2, 0) is 9.59 Å². The molecule has 1 aromatic carbocycles. The van der Waals surface area contributed by atoms with E-state index in [-0.39, 0.29) is 29.8 Å². The van der Waals surface area contributed by atoms with Crippen molar-refractivity contribution in [3.63, 3.8) is 0 Å². The van der Waals surface area contributed by atoms with Crippen molar-refractivity contribution in [1.29, 1.82) is 0 Å². The van der Waals surface area contributed by atoms with E-state index in [0.29, 0.717) is 6.54 Å². The molecule has 1 N–H and O–H groups in total. The van der Waals surface area contributed by atoms with Crippen LogP contribution < -0.4 is 5.32 Å². The first kappa shape index (κ1) is 19.1. The van der Waals surface area contributed by atoms with Gasteiger partial charge in [-0.15, -0.1) is 0 Å². The molecule has 5 heteroatoms. The number of rotatable bonds is 4. The first-order chi connectivity index (χ1) is 14.0. The summed E-state index contributed by atoms with van der Waals surface area (Å²) in [6.07, 6.45) is 7.10. The third kappa shape index (κ3) is 3.58. The Kier molecular flexibility index (Phi) is 4.89. The van der Waals surface area contributed by atoms with Gasteiger partial charge in [-0.25, -0.2) is 0 Å². The van der Waals surface area contributed by atoms with Crippen LogP contribution in [0.3, 0.4) is 0 Å². The standard InChI is InChI=1S/C24H33N3O2/c1-26-7-8-27(21(16-26)20-5-3-2-4-6-20)22(28)15-25-23(29)24-12-17-9-18(13-24)11-19(10-17)14-24/h2-6,17-19,21H,7-16H2,1H3,(H,25,29)/t17?,18?,19?,21-,24?/m1/s1. The average Bonchev–Trinajstić information content (AvgIpc) is 2.71. The molecule has 5 aliphatic rings. The lowest BCUT2D eigenvalue weighted by Gasteiger charge is -2.55. The molecule has 29 heavy (non-hydrogen) atoms. The zero-order valence-electron chi connectivity index (χ0n) is 17.5. The molecule has 4 aliphatic carbocycles. The van der Waals surface area contributed by atoms with Gasteiger partial charge in [0.25, 0.3) is 0 Å². The van der Waals surface area contributed by atoms with Crippen LogP contribution in [0.4, 0.5) is 0 Å². The second-order valence-corrected chi connectivity index (χ2v) is 10.2. The Labute approximate surface area is 173 Å². The maximum absolute atomic E-state index is 13.2. The molecule has 0 radical (unpaired) electrons. The summed E-state index contributed by atoms with van der Waals surface area (Å²) in [5.74, 6) is 2.41. The number of hydrogen-bond donors (Lipinski definition) is 1. The highest BCUT2D eigenvalue weighted by molar-refractivity contribution is 5.88. The number of benzene rings is 1. The van der Waals surface area contributed by atoms with Gasteiger partial charge in [-0.05, 0) is 68.9 Å². The van der Waals surface area contributed by atoms with Crippen molar-refractivity contribution in [3.05, 3.63) is 35.9 Å². The Morgan fingerprint density at radius 2 is 1.62 bits per heavy atom. The first-order valence-electron chi connectivity index (χ1n) is 11.3. The molecule has 1 saturated heterocycles. The van der Waals surface area contributed by atoms with Crippen LogP contribution in [0.2, 0.25) is 0 Å². The van der Waals surface area contributed by atoms with Crippen molar-refractivity contribution in [2.75, 3.05) is 33.2 Å². The third-order valence-electron chi connectivity index (χ3n) is 8.01. The number of nitrogens with zero attached hydrogens (tertiary/aromatic N) is 2. The summed E-state index contributed by atoms with van der Waals surface area (Å²) < 4.78 is 0. The van der Waals surface area contributed by atoms with Gasteiger partial charge >= 0.3 is 0 Å². The molecule has 156 valence electrons. The quantitative estimate of drug-likeness (QED) is 0.853. The maximum atomic E-state index is 13.2.